The van der Waals surface area contributed by atoms with Gasteiger partial charge in [0.1, 0.15) is 5.76 Å². The summed E-state index contributed by atoms with van der Waals surface area (Å²) in [7, 11) is 6.90. The summed E-state index contributed by atoms with van der Waals surface area (Å²) in [6.07, 6.45) is 0.657. The minimum atomic E-state index is -0.821. The molecule has 0 radical (unpaired) electrons. The highest BCUT2D eigenvalue weighted by atomic mass is 35.5. The van der Waals surface area contributed by atoms with Crippen LogP contribution in [0, 0.1) is 0 Å². The van der Waals surface area contributed by atoms with E-state index in [9.17, 15) is 14.7 Å². The third kappa shape index (κ3) is 4.59. The van der Waals surface area contributed by atoms with Crippen LogP contribution in [0.15, 0.2) is 48.0 Å². The maximum atomic E-state index is 13.1. The molecule has 8 heteroatoms. The van der Waals surface area contributed by atoms with Gasteiger partial charge >= 0.3 is 0 Å². The van der Waals surface area contributed by atoms with Crippen LogP contribution in [0.3, 0.4) is 0 Å². The Morgan fingerprint density at radius 1 is 1.09 bits per heavy atom. The van der Waals surface area contributed by atoms with Gasteiger partial charge in [-0.3, -0.25) is 9.59 Å². The molecule has 3 rings (SSSR count). The standard InChI is InChI=1S/C24H27ClN2O5/c1-26(2)13-6-14-27-20(17-7-5-8-18(31-3)23(17)32-4)19(22(29)24(27)30)21(28)15-9-11-16(25)12-10-15/h5,7-12,20,28H,6,13-14H2,1-4H3/b21-19-. The van der Waals surface area contributed by atoms with Gasteiger partial charge in [0.2, 0.25) is 0 Å². The highest BCUT2D eigenvalue weighted by Crippen LogP contribution is 2.45. The minimum Gasteiger partial charge on any atom is -0.507 e. The number of hydrogen-bond acceptors (Lipinski definition) is 6. The largest absolute Gasteiger partial charge is 0.507 e. The monoisotopic (exact) mass is 458 g/mol. The lowest BCUT2D eigenvalue weighted by Crippen LogP contribution is -2.32. The van der Waals surface area contributed by atoms with E-state index in [4.69, 9.17) is 21.1 Å². The van der Waals surface area contributed by atoms with Crippen LogP contribution >= 0.6 is 11.6 Å². The molecule has 2 aromatic rings. The Morgan fingerprint density at radius 3 is 2.38 bits per heavy atom. The van der Waals surface area contributed by atoms with Crippen LogP contribution < -0.4 is 9.47 Å². The third-order valence-electron chi connectivity index (χ3n) is 5.39. The van der Waals surface area contributed by atoms with Crippen molar-refractivity contribution >= 4 is 29.1 Å². The van der Waals surface area contributed by atoms with Crippen molar-refractivity contribution in [1.82, 2.24) is 9.80 Å². The highest BCUT2D eigenvalue weighted by Gasteiger charge is 2.47. The van der Waals surface area contributed by atoms with Crippen molar-refractivity contribution in [3.05, 3.63) is 64.2 Å². The molecule has 32 heavy (non-hydrogen) atoms. The van der Waals surface area contributed by atoms with Crippen LogP contribution in [-0.4, -0.2) is 68.0 Å². The molecule has 0 saturated carbocycles. The first-order valence-corrected chi connectivity index (χ1v) is 10.6. The summed E-state index contributed by atoms with van der Waals surface area (Å²) in [5.41, 5.74) is 0.965. The van der Waals surface area contributed by atoms with Crippen molar-refractivity contribution in [2.24, 2.45) is 0 Å². The number of aliphatic hydroxyl groups is 1. The quantitative estimate of drug-likeness (QED) is 0.369. The normalized spacial score (nSPS) is 17.8. The van der Waals surface area contributed by atoms with Crippen molar-refractivity contribution in [3.63, 3.8) is 0 Å². The molecule has 1 saturated heterocycles. The molecule has 0 aliphatic carbocycles. The molecule has 170 valence electrons. The first-order valence-electron chi connectivity index (χ1n) is 10.2. The zero-order valence-corrected chi connectivity index (χ0v) is 19.3. The van der Waals surface area contributed by atoms with Crippen LogP contribution in [0.1, 0.15) is 23.6 Å². The number of aliphatic hydroxyl groups excluding tert-OH is 1. The molecule has 2 aromatic carbocycles. The van der Waals surface area contributed by atoms with Gasteiger partial charge in [0.25, 0.3) is 11.7 Å². The lowest BCUT2D eigenvalue weighted by molar-refractivity contribution is -0.140. The van der Waals surface area contributed by atoms with Gasteiger partial charge in [-0.25, -0.2) is 0 Å². The topological polar surface area (TPSA) is 79.3 Å². The second kappa shape index (κ2) is 10.1. The number of halogens is 1. The Bertz CT molecular complexity index is 1030. The molecule has 0 spiro atoms. The van der Waals surface area contributed by atoms with E-state index in [-0.39, 0.29) is 11.3 Å². The van der Waals surface area contributed by atoms with Crippen molar-refractivity contribution in [1.29, 1.82) is 0 Å². The van der Waals surface area contributed by atoms with Crippen LogP contribution in [0.2, 0.25) is 5.02 Å². The van der Waals surface area contributed by atoms with E-state index in [2.05, 4.69) is 0 Å². The average Bonchev–Trinajstić information content (AvgIpc) is 3.03. The molecule has 1 unspecified atom stereocenters. The molecule has 1 atom stereocenters. The fraction of sp³-hybridized carbons (Fsp3) is 0.333. The van der Waals surface area contributed by atoms with E-state index >= 15 is 0 Å². The lowest BCUT2D eigenvalue weighted by Gasteiger charge is -2.27. The number of benzene rings is 2. The number of amides is 1. The number of hydrogen-bond donors (Lipinski definition) is 1. The predicted molar refractivity (Wildman–Crippen MR) is 123 cm³/mol. The summed E-state index contributed by atoms with van der Waals surface area (Å²) in [6.45, 7) is 1.08. The second-order valence-corrected chi connectivity index (χ2v) is 8.18. The van der Waals surface area contributed by atoms with E-state index in [1.807, 2.05) is 19.0 Å². The number of carbonyl (C=O) groups is 2. The predicted octanol–water partition coefficient (Wildman–Crippen LogP) is 3.73. The van der Waals surface area contributed by atoms with Gasteiger partial charge in [0, 0.05) is 22.7 Å². The molecule has 1 amide bonds. The first kappa shape index (κ1) is 23.6. The summed E-state index contributed by atoms with van der Waals surface area (Å²) in [4.78, 5) is 29.7. The van der Waals surface area contributed by atoms with Gasteiger partial charge in [-0.05, 0) is 57.4 Å². The average molecular weight is 459 g/mol. The number of rotatable bonds is 8. The zero-order valence-electron chi connectivity index (χ0n) is 18.6. The molecular formula is C24H27ClN2O5. The summed E-state index contributed by atoms with van der Waals surface area (Å²) < 4.78 is 11.0. The first-order chi connectivity index (χ1) is 15.3. The van der Waals surface area contributed by atoms with E-state index in [1.54, 1.807) is 42.5 Å². The maximum Gasteiger partial charge on any atom is 0.295 e. The maximum absolute atomic E-state index is 13.1. The van der Waals surface area contributed by atoms with Crippen molar-refractivity contribution in [2.75, 3.05) is 41.4 Å². The molecule has 1 fully saturated rings. The number of ether oxygens (including phenoxy) is 2. The molecule has 1 aliphatic heterocycles. The van der Waals surface area contributed by atoms with E-state index in [0.717, 1.165) is 6.54 Å². The minimum absolute atomic E-state index is 0.00808. The Kier molecular flexibility index (Phi) is 7.43. The molecule has 7 nitrogen and oxygen atoms in total. The number of likely N-dealkylation sites (tertiary alicyclic amines) is 1. The molecule has 0 aromatic heterocycles. The molecule has 1 N–H and O–H groups in total. The molecular weight excluding hydrogens is 432 g/mol. The van der Waals surface area contributed by atoms with Gasteiger partial charge < -0.3 is 24.4 Å². The highest BCUT2D eigenvalue weighted by molar-refractivity contribution is 6.46. The number of methoxy groups -OCH3 is 2. The Balaban J connectivity index is 2.19. The van der Waals surface area contributed by atoms with Crippen LogP contribution in [0.25, 0.3) is 5.76 Å². The van der Waals surface area contributed by atoms with Crippen LogP contribution in [0.4, 0.5) is 0 Å². The van der Waals surface area contributed by atoms with Crippen LogP contribution in [-0.2, 0) is 9.59 Å². The lowest BCUT2D eigenvalue weighted by atomic mass is 9.94. The van der Waals surface area contributed by atoms with Crippen LogP contribution in [0.5, 0.6) is 11.5 Å². The van der Waals surface area contributed by atoms with E-state index in [0.29, 0.717) is 40.6 Å². The fourth-order valence-corrected chi connectivity index (χ4v) is 4.01. The van der Waals surface area contributed by atoms with Gasteiger partial charge in [-0.15, -0.1) is 0 Å². The summed E-state index contributed by atoms with van der Waals surface area (Å²) in [5.74, 6) is -0.784. The molecule has 1 aliphatic rings. The Labute approximate surface area is 192 Å². The Morgan fingerprint density at radius 2 is 1.78 bits per heavy atom. The number of Topliss-reactive ketones (excluding diaryl/α,β-unsaturated/α-hetero) is 1. The fourth-order valence-electron chi connectivity index (χ4n) is 3.88. The second-order valence-electron chi connectivity index (χ2n) is 7.74. The SMILES string of the molecule is COc1cccc(C2/C(=C(/O)c3ccc(Cl)cc3)C(=O)C(=O)N2CCCN(C)C)c1OC. The third-order valence-corrected chi connectivity index (χ3v) is 5.64. The number of para-hydroxylation sites is 1. The van der Waals surface area contributed by atoms with Gasteiger partial charge in [-0.1, -0.05) is 23.7 Å². The molecule has 0 bridgehead atoms. The Hall–Kier alpha value is -3.03. The van der Waals surface area contributed by atoms with Crippen molar-refractivity contribution in [3.8, 4) is 11.5 Å². The molecule has 1 heterocycles. The van der Waals surface area contributed by atoms with Gasteiger partial charge in [0.15, 0.2) is 11.5 Å². The number of ketones is 1. The van der Waals surface area contributed by atoms with E-state index in [1.165, 1.54) is 19.1 Å². The number of carbonyl (C=O) groups excluding carboxylic acids is 2. The van der Waals surface area contributed by atoms with Crippen molar-refractivity contribution in [2.45, 2.75) is 12.5 Å². The summed E-state index contributed by atoms with van der Waals surface area (Å²) in [5, 5.41) is 11.6. The van der Waals surface area contributed by atoms with Gasteiger partial charge in [-0.2, -0.15) is 0 Å². The zero-order chi connectivity index (χ0) is 23.4. The van der Waals surface area contributed by atoms with Gasteiger partial charge in [0.05, 0.1) is 25.8 Å². The smallest absolute Gasteiger partial charge is 0.295 e. The summed E-state index contributed by atoms with van der Waals surface area (Å²) in [6, 6.07) is 10.9. The summed E-state index contributed by atoms with van der Waals surface area (Å²) >= 11 is 5.97. The number of nitrogens with zero attached hydrogens (tertiary/aromatic N) is 2. The van der Waals surface area contributed by atoms with Crippen molar-refractivity contribution < 1.29 is 24.2 Å². The van der Waals surface area contributed by atoms with E-state index < -0.39 is 17.7 Å².